The van der Waals surface area contributed by atoms with E-state index >= 15 is 0 Å². The highest BCUT2D eigenvalue weighted by molar-refractivity contribution is 6.00. The van der Waals surface area contributed by atoms with E-state index in [1.54, 1.807) is 7.11 Å². The molecule has 0 aromatic heterocycles. The Morgan fingerprint density at radius 3 is 2.00 bits per heavy atom. The molecule has 0 spiro atoms. The van der Waals surface area contributed by atoms with Crippen molar-refractivity contribution >= 4 is 11.9 Å². The smallest absolute Gasteiger partial charge is 0.323 e. The summed E-state index contributed by atoms with van der Waals surface area (Å²) in [5.74, 6) is -1.20. The van der Waals surface area contributed by atoms with Gasteiger partial charge in [-0.3, -0.25) is 9.59 Å². The summed E-state index contributed by atoms with van der Waals surface area (Å²) in [4.78, 5) is 24.0. The molecule has 1 unspecified atom stereocenters. The second-order valence-electron chi connectivity index (χ2n) is 5.00. The third-order valence-electron chi connectivity index (χ3n) is 3.50. The average molecular weight is 256 g/mol. The Labute approximate surface area is 107 Å². The lowest BCUT2D eigenvalue weighted by molar-refractivity contribution is -0.177. The van der Waals surface area contributed by atoms with Crippen LogP contribution in [0.4, 0.5) is 0 Å². The summed E-state index contributed by atoms with van der Waals surface area (Å²) in [7, 11) is 4.07. The standard InChI is InChI=1S/C13H20O5/c1-9-6-12(2,18-5)8-13(7-9,10(14)16-3)11(15)17-4/h1,6-8H2,2-5H3. The van der Waals surface area contributed by atoms with Crippen molar-refractivity contribution in [2.24, 2.45) is 5.41 Å². The van der Waals surface area contributed by atoms with Crippen LogP contribution in [0.15, 0.2) is 12.2 Å². The largest absolute Gasteiger partial charge is 0.468 e. The molecule has 0 aromatic rings. The minimum absolute atomic E-state index is 0.231. The summed E-state index contributed by atoms with van der Waals surface area (Å²) in [6.07, 6.45) is 1.08. The van der Waals surface area contributed by atoms with E-state index < -0.39 is 23.0 Å². The molecule has 0 N–H and O–H groups in total. The maximum absolute atomic E-state index is 12.0. The molecule has 0 saturated heterocycles. The molecule has 0 radical (unpaired) electrons. The molecule has 5 nitrogen and oxygen atoms in total. The highest BCUT2D eigenvalue weighted by atomic mass is 16.5. The van der Waals surface area contributed by atoms with Crippen molar-refractivity contribution < 1.29 is 23.8 Å². The van der Waals surface area contributed by atoms with Gasteiger partial charge in [-0.15, -0.1) is 0 Å². The molecule has 0 heterocycles. The van der Waals surface area contributed by atoms with Crippen molar-refractivity contribution in [3.8, 4) is 0 Å². The molecule has 1 atom stereocenters. The average Bonchev–Trinajstić information content (AvgIpc) is 2.35. The summed E-state index contributed by atoms with van der Waals surface area (Å²) in [5.41, 5.74) is -1.18. The van der Waals surface area contributed by atoms with Crippen molar-refractivity contribution in [1.29, 1.82) is 0 Å². The Hall–Kier alpha value is -1.36. The number of rotatable bonds is 3. The van der Waals surface area contributed by atoms with Gasteiger partial charge in [-0.25, -0.2) is 0 Å². The lowest BCUT2D eigenvalue weighted by Crippen LogP contribution is -2.51. The van der Waals surface area contributed by atoms with E-state index in [-0.39, 0.29) is 12.8 Å². The van der Waals surface area contributed by atoms with Gasteiger partial charge in [0.15, 0.2) is 5.41 Å². The Kier molecular flexibility index (Phi) is 4.16. The maximum atomic E-state index is 12.0. The van der Waals surface area contributed by atoms with Crippen LogP contribution in [0.3, 0.4) is 0 Å². The van der Waals surface area contributed by atoms with Crippen molar-refractivity contribution in [2.75, 3.05) is 21.3 Å². The lowest BCUT2D eigenvalue weighted by Gasteiger charge is -2.42. The highest BCUT2D eigenvalue weighted by Crippen LogP contribution is 2.46. The van der Waals surface area contributed by atoms with Crippen LogP contribution in [0.2, 0.25) is 0 Å². The molecular weight excluding hydrogens is 236 g/mol. The van der Waals surface area contributed by atoms with Gasteiger partial charge in [-0.05, 0) is 19.8 Å². The van der Waals surface area contributed by atoms with E-state index in [4.69, 9.17) is 14.2 Å². The van der Waals surface area contributed by atoms with Gasteiger partial charge < -0.3 is 14.2 Å². The van der Waals surface area contributed by atoms with Gasteiger partial charge in [-0.1, -0.05) is 12.2 Å². The van der Waals surface area contributed by atoms with E-state index in [2.05, 4.69) is 6.58 Å². The summed E-state index contributed by atoms with van der Waals surface area (Å²) in [5, 5.41) is 0. The molecule has 1 aliphatic rings. The minimum atomic E-state index is -1.34. The predicted octanol–water partition coefficient (Wildman–Crippen LogP) is 1.46. The zero-order valence-electron chi connectivity index (χ0n) is 11.4. The Bertz CT molecular complexity index is 358. The summed E-state index contributed by atoms with van der Waals surface area (Å²) in [6, 6.07) is 0. The zero-order valence-corrected chi connectivity index (χ0v) is 11.4. The highest BCUT2D eigenvalue weighted by Gasteiger charge is 2.55. The van der Waals surface area contributed by atoms with Crippen LogP contribution >= 0.6 is 0 Å². The molecule has 1 saturated carbocycles. The second kappa shape index (κ2) is 5.10. The molecule has 0 bridgehead atoms. The first-order valence-corrected chi connectivity index (χ1v) is 5.72. The van der Waals surface area contributed by atoms with Gasteiger partial charge in [0, 0.05) is 13.5 Å². The molecule has 0 aromatic carbocycles. The predicted molar refractivity (Wildman–Crippen MR) is 64.9 cm³/mol. The van der Waals surface area contributed by atoms with Crippen LogP contribution in [0.25, 0.3) is 0 Å². The summed E-state index contributed by atoms with van der Waals surface area (Å²) < 4.78 is 14.9. The van der Waals surface area contributed by atoms with Crippen LogP contribution in [0.5, 0.6) is 0 Å². The Morgan fingerprint density at radius 2 is 1.61 bits per heavy atom. The molecule has 1 fully saturated rings. The molecule has 5 heteroatoms. The first kappa shape index (κ1) is 14.7. The van der Waals surface area contributed by atoms with Crippen molar-refractivity contribution in [2.45, 2.75) is 31.8 Å². The molecule has 1 aliphatic carbocycles. The quantitative estimate of drug-likeness (QED) is 0.434. The van der Waals surface area contributed by atoms with Crippen LogP contribution in [0, 0.1) is 5.41 Å². The van der Waals surface area contributed by atoms with Gasteiger partial charge in [0.1, 0.15) is 0 Å². The topological polar surface area (TPSA) is 61.8 Å². The van der Waals surface area contributed by atoms with Crippen LogP contribution in [-0.4, -0.2) is 38.9 Å². The first-order valence-electron chi connectivity index (χ1n) is 5.72. The molecule has 102 valence electrons. The van der Waals surface area contributed by atoms with Gasteiger partial charge in [0.25, 0.3) is 0 Å². The zero-order chi connectivity index (χ0) is 14.0. The number of esters is 2. The fourth-order valence-corrected chi connectivity index (χ4v) is 2.69. The van der Waals surface area contributed by atoms with Crippen LogP contribution in [0.1, 0.15) is 26.2 Å². The van der Waals surface area contributed by atoms with Crippen molar-refractivity contribution in [1.82, 2.24) is 0 Å². The van der Waals surface area contributed by atoms with Gasteiger partial charge in [0.2, 0.25) is 0 Å². The normalized spacial score (nSPS) is 26.6. The van der Waals surface area contributed by atoms with E-state index in [0.717, 1.165) is 5.57 Å². The molecular formula is C13H20O5. The van der Waals surface area contributed by atoms with Crippen molar-refractivity contribution in [3.05, 3.63) is 12.2 Å². The lowest BCUT2D eigenvalue weighted by atomic mass is 9.66. The van der Waals surface area contributed by atoms with Gasteiger partial charge in [-0.2, -0.15) is 0 Å². The Balaban J connectivity index is 3.21. The Morgan fingerprint density at radius 1 is 1.11 bits per heavy atom. The summed E-state index contributed by atoms with van der Waals surface area (Å²) >= 11 is 0. The molecule has 1 rings (SSSR count). The monoisotopic (exact) mass is 256 g/mol. The maximum Gasteiger partial charge on any atom is 0.323 e. The van der Waals surface area contributed by atoms with E-state index in [9.17, 15) is 9.59 Å². The number of methoxy groups -OCH3 is 3. The molecule has 0 aliphatic heterocycles. The number of carbonyl (C=O) groups is 2. The fraction of sp³-hybridized carbons (Fsp3) is 0.692. The molecule has 18 heavy (non-hydrogen) atoms. The fourth-order valence-electron chi connectivity index (χ4n) is 2.69. The third kappa shape index (κ3) is 2.41. The van der Waals surface area contributed by atoms with E-state index in [1.165, 1.54) is 14.2 Å². The summed E-state index contributed by atoms with van der Waals surface area (Å²) in [6.45, 7) is 5.74. The number of ether oxygens (including phenoxy) is 3. The van der Waals surface area contributed by atoms with Crippen LogP contribution < -0.4 is 0 Å². The number of carbonyl (C=O) groups excluding carboxylic acids is 2. The van der Waals surface area contributed by atoms with E-state index in [0.29, 0.717) is 6.42 Å². The van der Waals surface area contributed by atoms with Crippen molar-refractivity contribution in [3.63, 3.8) is 0 Å². The minimum Gasteiger partial charge on any atom is -0.468 e. The second-order valence-corrected chi connectivity index (χ2v) is 5.00. The first-order chi connectivity index (χ1) is 8.33. The SMILES string of the molecule is C=C1CC(C)(OC)CC(C(=O)OC)(C(=O)OC)C1. The van der Waals surface area contributed by atoms with Gasteiger partial charge in [0.05, 0.1) is 19.8 Å². The van der Waals surface area contributed by atoms with Crippen LogP contribution in [-0.2, 0) is 23.8 Å². The molecule has 0 amide bonds. The van der Waals surface area contributed by atoms with E-state index in [1.807, 2.05) is 6.92 Å². The third-order valence-corrected chi connectivity index (χ3v) is 3.50. The number of hydrogen-bond acceptors (Lipinski definition) is 5. The number of hydrogen-bond donors (Lipinski definition) is 0. The van der Waals surface area contributed by atoms with Gasteiger partial charge >= 0.3 is 11.9 Å².